The van der Waals surface area contributed by atoms with Crippen molar-refractivity contribution in [1.82, 2.24) is 0 Å². The Morgan fingerprint density at radius 3 is 2.40 bits per heavy atom. The van der Waals surface area contributed by atoms with Crippen LogP contribution >= 0.6 is 0 Å². The van der Waals surface area contributed by atoms with Gasteiger partial charge in [0.25, 0.3) is 0 Å². The summed E-state index contributed by atoms with van der Waals surface area (Å²) in [4.78, 5) is 0. The van der Waals surface area contributed by atoms with E-state index in [1.54, 1.807) is 0 Å². The third-order valence-corrected chi connectivity index (χ3v) is 3.55. The van der Waals surface area contributed by atoms with Crippen LogP contribution in [0.2, 0.25) is 0 Å². The van der Waals surface area contributed by atoms with Crippen LogP contribution in [0.25, 0.3) is 10.8 Å². The van der Waals surface area contributed by atoms with Crippen LogP contribution in [0.3, 0.4) is 0 Å². The number of para-hydroxylation sites is 1. The lowest BCUT2D eigenvalue weighted by atomic mass is 10.0. The first-order valence-electron chi connectivity index (χ1n) is 6.70. The summed E-state index contributed by atoms with van der Waals surface area (Å²) in [5, 5.41) is 15.6. The number of phenolic OH excluding ortho intramolecular Hbond substituents is 1. The molecule has 0 saturated heterocycles. The number of fused-ring (bicyclic) bond motifs is 1. The predicted octanol–water partition coefficient (Wildman–Crippen LogP) is 4.91. The summed E-state index contributed by atoms with van der Waals surface area (Å²) < 4.78 is 0. The first-order valence-corrected chi connectivity index (χ1v) is 6.70. The molecule has 3 aromatic rings. The van der Waals surface area contributed by atoms with Crippen molar-refractivity contribution in [2.75, 3.05) is 5.32 Å². The summed E-state index contributed by atoms with van der Waals surface area (Å²) in [6.07, 6.45) is 0. The number of aryl methyl sites for hydroxylation is 2. The molecule has 0 unspecified atom stereocenters. The molecule has 0 aliphatic heterocycles. The molecule has 0 aliphatic carbocycles. The Morgan fingerprint density at radius 1 is 0.900 bits per heavy atom. The summed E-state index contributed by atoms with van der Waals surface area (Å²) in [5.74, 6) is 0.342. The van der Waals surface area contributed by atoms with Crippen molar-refractivity contribution in [2.24, 2.45) is 0 Å². The van der Waals surface area contributed by atoms with Crippen LogP contribution in [0.1, 0.15) is 11.1 Å². The molecule has 0 heterocycles. The van der Waals surface area contributed by atoms with Gasteiger partial charge in [0.05, 0.1) is 0 Å². The molecule has 0 aliphatic rings. The molecule has 100 valence electrons. The van der Waals surface area contributed by atoms with E-state index in [0.717, 1.165) is 33.3 Å². The van der Waals surface area contributed by atoms with Crippen LogP contribution in [0.15, 0.2) is 54.6 Å². The van der Waals surface area contributed by atoms with Gasteiger partial charge >= 0.3 is 0 Å². The fraction of sp³-hybridized carbons (Fsp3) is 0.111. The summed E-state index contributed by atoms with van der Waals surface area (Å²) in [7, 11) is 0. The second-order valence-corrected chi connectivity index (χ2v) is 5.11. The van der Waals surface area contributed by atoms with E-state index >= 15 is 0 Å². The van der Waals surface area contributed by atoms with Crippen LogP contribution in [0.5, 0.6) is 5.75 Å². The van der Waals surface area contributed by atoms with E-state index in [9.17, 15) is 5.11 Å². The number of hydrogen-bond donors (Lipinski definition) is 2. The normalized spacial score (nSPS) is 10.7. The smallest absolute Gasteiger partial charge is 0.124 e. The summed E-state index contributed by atoms with van der Waals surface area (Å²) in [5.41, 5.74) is 4.19. The quantitative estimate of drug-likeness (QED) is 0.688. The van der Waals surface area contributed by atoms with Gasteiger partial charge in [0, 0.05) is 16.8 Å². The third-order valence-electron chi connectivity index (χ3n) is 3.55. The van der Waals surface area contributed by atoms with Gasteiger partial charge in [-0.3, -0.25) is 0 Å². The van der Waals surface area contributed by atoms with Crippen molar-refractivity contribution in [3.63, 3.8) is 0 Å². The molecule has 0 spiro atoms. The zero-order valence-electron chi connectivity index (χ0n) is 11.6. The van der Waals surface area contributed by atoms with Gasteiger partial charge in [0.15, 0.2) is 0 Å². The first kappa shape index (κ1) is 12.5. The van der Waals surface area contributed by atoms with Crippen molar-refractivity contribution in [3.05, 3.63) is 65.7 Å². The molecular formula is C18H17NO. The Hall–Kier alpha value is -2.48. The number of rotatable bonds is 2. The van der Waals surface area contributed by atoms with E-state index in [2.05, 4.69) is 17.4 Å². The largest absolute Gasteiger partial charge is 0.507 e. The maximum Gasteiger partial charge on any atom is 0.124 e. The summed E-state index contributed by atoms with van der Waals surface area (Å²) in [6.45, 7) is 4.02. The van der Waals surface area contributed by atoms with Crippen LogP contribution in [-0.4, -0.2) is 5.11 Å². The molecule has 2 heteroatoms. The van der Waals surface area contributed by atoms with Gasteiger partial charge < -0.3 is 10.4 Å². The minimum atomic E-state index is 0.342. The molecule has 0 aromatic heterocycles. The van der Waals surface area contributed by atoms with Crippen molar-refractivity contribution < 1.29 is 5.11 Å². The van der Waals surface area contributed by atoms with Gasteiger partial charge in [-0.25, -0.2) is 0 Å². The lowest BCUT2D eigenvalue weighted by molar-refractivity contribution is 0.481. The highest BCUT2D eigenvalue weighted by Gasteiger charge is 2.08. The molecule has 2 N–H and O–H groups in total. The van der Waals surface area contributed by atoms with Crippen molar-refractivity contribution in [2.45, 2.75) is 13.8 Å². The lowest BCUT2D eigenvalue weighted by Crippen LogP contribution is -1.94. The van der Waals surface area contributed by atoms with E-state index in [0.29, 0.717) is 5.75 Å². The number of hydrogen-bond acceptors (Lipinski definition) is 2. The van der Waals surface area contributed by atoms with E-state index in [1.807, 2.05) is 56.3 Å². The highest BCUT2D eigenvalue weighted by atomic mass is 16.3. The predicted molar refractivity (Wildman–Crippen MR) is 84.8 cm³/mol. The summed E-state index contributed by atoms with van der Waals surface area (Å²) >= 11 is 0. The second kappa shape index (κ2) is 4.89. The van der Waals surface area contributed by atoms with Crippen molar-refractivity contribution in [1.29, 1.82) is 0 Å². The second-order valence-electron chi connectivity index (χ2n) is 5.11. The van der Waals surface area contributed by atoms with Gasteiger partial charge in [-0.1, -0.05) is 30.3 Å². The highest BCUT2D eigenvalue weighted by Crippen LogP contribution is 2.34. The standard InChI is InChI=1S/C18H17NO/c1-12-10-14-8-9-16(13(2)18(14)17(20)11-12)19-15-6-4-3-5-7-15/h3-11,19-20H,1-2H3. The monoisotopic (exact) mass is 263 g/mol. The zero-order chi connectivity index (χ0) is 14.1. The van der Waals surface area contributed by atoms with Crippen LogP contribution in [-0.2, 0) is 0 Å². The molecule has 3 aromatic carbocycles. The third kappa shape index (κ3) is 2.21. The maximum atomic E-state index is 10.2. The minimum absolute atomic E-state index is 0.342. The van der Waals surface area contributed by atoms with E-state index in [4.69, 9.17) is 0 Å². The molecule has 20 heavy (non-hydrogen) atoms. The number of benzene rings is 3. The Kier molecular flexibility index (Phi) is 3.07. The molecule has 0 atom stereocenters. The van der Waals surface area contributed by atoms with Gasteiger partial charge in [0.2, 0.25) is 0 Å². The average Bonchev–Trinajstić information content (AvgIpc) is 2.42. The molecule has 0 amide bonds. The Bertz CT molecular complexity index is 763. The highest BCUT2D eigenvalue weighted by molar-refractivity contribution is 5.95. The van der Waals surface area contributed by atoms with E-state index < -0.39 is 0 Å². The fourth-order valence-electron chi connectivity index (χ4n) is 2.58. The molecule has 3 rings (SSSR count). The van der Waals surface area contributed by atoms with Crippen molar-refractivity contribution >= 4 is 22.1 Å². The Balaban J connectivity index is 2.12. The topological polar surface area (TPSA) is 32.3 Å². The lowest BCUT2D eigenvalue weighted by Gasteiger charge is -2.13. The number of aromatic hydroxyl groups is 1. The van der Waals surface area contributed by atoms with Crippen molar-refractivity contribution in [3.8, 4) is 5.75 Å². The van der Waals surface area contributed by atoms with E-state index in [1.165, 1.54) is 0 Å². The Morgan fingerprint density at radius 2 is 1.65 bits per heavy atom. The van der Waals surface area contributed by atoms with Gasteiger partial charge in [-0.05, 0) is 54.6 Å². The zero-order valence-corrected chi connectivity index (χ0v) is 11.6. The van der Waals surface area contributed by atoms with Crippen LogP contribution in [0.4, 0.5) is 11.4 Å². The molecule has 0 saturated carbocycles. The van der Waals surface area contributed by atoms with Gasteiger partial charge in [0.1, 0.15) is 5.75 Å². The van der Waals surface area contributed by atoms with E-state index in [-0.39, 0.29) is 0 Å². The number of anilines is 2. The van der Waals surface area contributed by atoms with Gasteiger partial charge in [-0.15, -0.1) is 0 Å². The van der Waals surface area contributed by atoms with Crippen LogP contribution < -0.4 is 5.32 Å². The SMILES string of the molecule is Cc1cc(O)c2c(C)c(Nc3ccccc3)ccc2c1. The van der Waals surface area contributed by atoms with Crippen LogP contribution in [0, 0.1) is 13.8 Å². The number of phenols is 1. The Labute approximate surface area is 118 Å². The molecule has 0 bridgehead atoms. The average molecular weight is 263 g/mol. The summed E-state index contributed by atoms with van der Waals surface area (Å²) in [6, 6.07) is 18.0. The molecule has 0 radical (unpaired) electrons. The molecule has 0 fully saturated rings. The number of nitrogens with one attached hydrogen (secondary N) is 1. The first-order chi connectivity index (χ1) is 9.65. The molecule has 2 nitrogen and oxygen atoms in total. The minimum Gasteiger partial charge on any atom is -0.507 e. The maximum absolute atomic E-state index is 10.2. The fourth-order valence-corrected chi connectivity index (χ4v) is 2.58. The van der Waals surface area contributed by atoms with Gasteiger partial charge in [-0.2, -0.15) is 0 Å². The molecular weight excluding hydrogens is 246 g/mol.